The standard InChI is InChI=1S/C20H18O6/c1-20(2)14(26-20)8-11-12(21)9-13-16(17(11)22)18(23)15(19(24)25-13)10-6-4-3-5-7-10/h3-7,9,14,21-23H,8H2,1-2H3. The molecule has 4 rings (SSSR count). The van der Waals surface area contributed by atoms with E-state index < -0.39 is 5.63 Å². The molecule has 0 aliphatic carbocycles. The van der Waals surface area contributed by atoms with Crippen molar-refractivity contribution < 1.29 is 24.5 Å². The van der Waals surface area contributed by atoms with Crippen LogP contribution in [0.1, 0.15) is 19.4 Å². The number of hydrogen-bond donors (Lipinski definition) is 3. The summed E-state index contributed by atoms with van der Waals surface area (Å²) >= 11 is 0. The molecule has 1 atom stereocenters. The number of epoxide rings is 1. The van der Waals surface area contributed by atoms with E-state index in [2.05, 4.69) is 0 Å². The summed E-state index contributed by atoms with van der Waals surface area (Å²) in [5.74, 6) is -0.904. The molecule has 0 bridgehead atoms. The molecule has 1 unspecified atom stereocenters. The van der Waals surface area contributed by atoms with Crippen molar-refractivity contribution in [2.45, 2.75) is 32.0 Å². The average Bonchev–Trinajstić information content (AvgIpc) is 3.18. The summed E-state index contributed by atoms with van der Waals surface area (Å²) in [6, 6.07) is 9.80. The molecule has 134 valence electrons. The van der Waals surface area contributed by atoms with Crippen LogP contribution in [-0.2, 0) is 11.2 Å². The molecule has 26 heavy (non-hydrogen) atoms. The van der Waals surface area contributed by atoms with Gasteiger partial charge in [-0.2, -0.15) is 0 Å². The summed E-state index contributed by atoms with van der Waals surface area (Å²) < 4.78 is 10.8. The third kappa shape index (κ3) is 2.50. The van der Waals surface area contributed by atoms with E-state index in [0.717, 1.165) is 0 Å². The zero-order valence-electron chi connectivity index (χ0n) is 14.3. The second-order valence-electron chi connectivity index (χ2n) is 6.99. The Morgan fingerprint density at radius 3 is 2.35 bits per heavy atom. The molecule has 6 heteroatoms. The van der Waals surface area contributed by atoms with E-state index in [4.69, 9.17) is 9.15 Å². The Kier molecular flexibility index (Phi) is 3.49. The molecular formula is C20H18O6. The van der Waals surface area contributed by atoms with E-state index in [1.54, 1.807) is 30.3 Å². The number of benzene rings is 2. The van der Waals surface area contributed by atoms with Crippen molar-refractivity contribution in [3.63, 3.8) is 0 Å². The first-order valence-electron chi connectivity index (χ1n) is 8.26. The van der Waals surface area contributed by atoms with Crippen LogP contribution in [0.2, 0.25) is 0 Å². The van der Waals surface area contributed by atoms with Gasteiger partial charge in [0.15, 0.2) is 0 Å². The van der Waals surface area contributed by atoms with Crippen molar-refractivity contribution >= 4 is 11.0 Å². The predicted molar refractivity (Wildman–Crippen MR) is 95.6 cm³/mol. The van der Waals surface area contributed by atoms with Crippen LogP contribution in [0.3, 0.4) is 0 Å². The van der Waals surface area contributed by atoms with Gasteiger partial charge in [0.2, 0.25) is 0 Å². The molecule has 2 heterocycles. The van der Waals surface area contributed by atoms with E-state index in [1.807, 2.05) is 13.8 Å². The zero-order chi connectivity index (χ0) is 18.6. The Bertz CT molecular complexity index is 1070. The Morgan fingerprint density at radius 1 is 1.08 bits per heavy atom. The lowest BCUT2D eigenvalue weighted by atomic mass is 9.97. The highest BCUT2D eigenvalue weighted by Gasteiger charge is 2.48. The molecule has 3 aromatic rings. The van der Waals surface area contributed by atoms with Crippen LogP contribution < -0.4 is 5.63 Å². The molecule has 0 saturated carbocycles. The fourth-order valence-corrected chi connectivity index (χ4v) is 3.22. The second kappa shape index (κ2) is 5.51. The Balaban J connectivity index is 1.94. The van der Waals surface area contributed by atoms with Gasteiger partial charge < -0.3 is 24.5 Å². The lowest BCUT2D eigenvalue weighted by Gasteiger charge is -2.12. The van der Waals surface area contributed by atoms with Crippen molar-refractivity contribution in [1.82, 2.24) is 0 Å². The van der Waals surface area contributed by atoms with Gasteiger partial charge in [0.25, 0.3) is 0 Å². The largest absolute Gasteiger partial charge is 0.507 e. The van der Waals surface area contributed by atoms with Gasteiger partial charge in [0.05, 0.1) is 11.7 Å². The van der Waals surface area contributed by atoms with Crippen LogP contribution in [0, 0.1) is 0 Å². The minimum absolute atomic E-state index is 0.00490. The van der Waals surface area contributed by atoms with E-state index >= 15 is 0 Å². The third-order valence-electron chi connectivity index (χ3n) is 4.84. The van der Waals surface area contributed by atoms with Crippen LogP contribution in [0.4, 0.5) is 0 Å². The molecule has 6 nitrogen and oxygen atoms in total. The Labute approximate surface area is 148 Å². The molecule has 2 aromatic carbocycles. The molecule has 3 N–H and O–H groups in total. The third-order valence-corrected chi connectivity index (χ3v) is 4.84. The van der Waals surface area contributed by atoms with Crippen molar-refractivity contribution in [1.29, 1.82) is 0 Å². The van der Waals surface area contributed by atoms with E-state index in [9.17, 15) is 20.1 Å². The number of fused-ring (bicyclic) bond motifs is 1. The highest BCUT2D eigenvalue weighted by atomic mass is 16.6. The molecular weight excluding hydrogens is 336 g/mol. The van der Waals surface area contributed by atoms with E-state index in [1.165, 1.54) is 6.07 Å². The monoisotopic (exact) mass is 354 g/mol. The highest BCUT2D eigenvalue weighted by molar-refractivity contribution is 5.96. The van der Waals surface area contributed by atoms with Crippen molar-refractivity contribution in [3.05, 3.63) is 52.4 Å². The highest BCUT2D eigenvalue weighted by Crippen LogP contribution is 2.46. The Morgan fingerprint density at radius 2 is 1.73 bits per heavy atom. The van der Waals surface area contributed by atoms with Gasteiger partial charge in [0, 0.05) is 18.1 Å². The van der Waals surface area contributed by atoms with Crippen molar-refractivity contribution in [2.75, 3.05) is 0 Å². The molecule has 0 spiro atoms. The zero-order valence-corrected chi connectivity index (χ0v) is 14.3. The summed E-state index contributed by atoms with van der Waals surface area (Å²) in [6.07, 6.45) is 0.128. The average molecular weight is 354 g/mol. The molecule has 1 aromatic heterocycles. The van der Waals surface area contributed by atoms with Crippen molar-refractivity contribution in [3.8, 4) is 28.4 Å². The predicted octanol–water partition coefficient (Wildman–Crippen LogP) is 3.30. The summed E-state index contributed by atoms with van der Waals surface area (Å²) in [7, 11) is 0. The number of phenols is 2. The minimum Gasteiger partial charge on any atom is -0.507 e. The number of rotatable bonds is 3. The quantitative estimate of drug-likeness (QED) is 0.492. The molecule has 0 amide bonds. The van der Waals surface area contributed by atoms with Gasteiger partial charge in [-0.3, -0.25) is 0 Å². The fourth-order valence-electron chi connectivity index (χ4n) is 3.22. The lowest BCUT2D eigenvalue weighted by molar-refractivity contribution is 0.321. The van der Waals surface area contributed by atoms with Crippen LogP contribution in [0.5, 0.6) is 17.2 Å². The van der Waals surface area contributed by atoms with E-state index in [-0.39, 0.29) is 57.5 Å². The summed E-state index contributed by atoms with van der Waals surface area (Å²) in [5.41, 5.74) is -0.471. The lowest BCUT2D eigenvalue weighted by Crippen LogP contribution is -2.07. The number of phenolic OH excluding ortho intramolecular Hbond substituents is 2. The minimum atomic E-state index is -0.751. The fraction of sp³-hybridized carbons (Fsp3) is 0.250. The first kappa shape index (κ1) is 16.5. The van der Waals surface area contributed by atoms with Gasteiger partial charge in [-0.1, -0.05) is 30.3 Å². The number of aromatic hydroxyl groups is 3. The van der Waals surface area contributed by atoms with Crippen LogP contribution in [0.25, 0.3) is 22.1 Å². The smallest absolute Gasteiger partial charge is 0.347 e. The van der Waals surface area contributed by atoms with Crippen LogP contribution >= 0.6 is 0 Å². The summed E-state index contributed by atoms with van der Waals surface area (Å²) in [5, 5.41) is 31.6. The summed E-state index contributed by atoms with van der Waals surface area (Å²) in [4.78, 5) is 12.3. The maximum absolute atomic E-state index is 12.3. The molecule has 0 radical (unpaired) electrons. The van der Waals surface area contributed by atoms with Crippen LogP contribution in [0.15, 0.2) is 45.6 Å². The molecule has 1 aliphatic rings. The maximum atomic E-state index is 12.3. The second-order valence-corrected chi connectivity index (χ2v) is 6.99. The molecule has 1 saturated heterocycles. The van der Waals surface area contributed by atoms with Gasteiger partial charge >= 0.3 is 5.63 Å². The Hall–Kier alpha value is -2.99. The number of hydrogen-bond acceptors (Lipinski definition) is 6. The van der Waals surface area contributed by atoms with Gasteiger partial charge in [-0.25, -0.2) is 4.79 Å². The summed E-state index contributed by atoms with van der Waals surface area (Å²) in [6.45, 7) is 3.83. The first-order chi connectivity index (χ1) is 12.3. The van der Waals surface area contributed by atoms with E-state index in [0.29, 0.717) is 5.56 Å². The maximum Gasteiger partial charge on any atom is 0.347 e. The SMILES string of the molecule is CC1(C)OC1Cc1c(O)cc2oc(=O)c(-c3ccccc3)c(O)c2c1O. The van der Waals surface area contributed by atoms with Gasteiger partial charge in [-0.05, 0) is 19.4 Å². The normalized spacial score (nSPS) is 18.2. The van der Waals surface area contributed by atoms with Gasteiger partial charge in [0.1, 0.15) is 33.8 Å². The van der Waals surface area contributed by atoms with Gasteiger partial charge in [-0.15, -0.1) is 0 Å². The van der Waals surface area contributed by atoms with Crippen LogP contribution in [-0.4, -0.2) is 27.0 Å². The topological polar surface area (TPSA) is 103 Å². The molecule has 1 aliphatic heterocycles. The molecule has 1 fully saturated rings. The van der Waals surface area contributed by atoms with Crippen molar-refractivity contribution in [2.24, 2.45) is 0 Å². The first-order valence-corrected chi connectivity index (χ1v) is 8.26. The number of ether oxygens (including phenoxy) is 1.